The van der Waals surface area contributed by atoms with Gasteiger partial charge in [-0.05, 0) is 36.2 Å². The van der Waals surface area contributed by atoms with Gasteiger partial charge in [-0.15, -0.1) is 0 Å². The number of hydrogen-bond acceptors (Lipinski definition) is 2. The predicted octanol–water partition coefficient (Wildman–Crippen LogP) is 3.48. The number of para-hydroxylation sites is 1. The van der Waals surface area contributed by atoms with E-state index in [2.05, 4.69) is 11.4 Å². The molecule has 0 saturated carbocycles. The highest BCUT2D eigenvalue weighted by atomic mass is 35.5. The van der Waals surface area contributed by atoms with Gasteiger partial charge >= 0.3 is 0 Å². The molecular formula is C16H14ClFN2O. The molecule has 3 nitrogen and oxygen atoms in total. The van der Waals surface area contributed by atoms with Crippen LogP contribution in [0.25, 0.3) is 0 Å². The van der Waals surface area contributed by atoms with Gasteiger partial charge < -0.3 is 10.2 Å². The van der Waals surface area contributed by atoms with Crippen LogP contribution in [-0.4, -0.2) is 19.0 Å². The molecule has 1 amide bonds. The Morgan fingerprint density at radius 3 is 2.90 bits per heavy atom. The minimum Gasteiger partial charge on any atom is -0.362 e. The van der Waals surface area contributed by atoms with Crippen LogP contribution >= 0.6 is 11.6 Å². The van der Waals surface area contributed by atoms with E-state index in [0.29, 0.717) is 5.69 Å². The molecule has 1 heterocycles. The molecule has 0 fully saturated rings. The molecular weight excluding hydrogens is 291 g/mol. The van der Waals surface area contributed by atoms with Gasteiger partial charge in [0.1, 0.15) is 5.82 Å². The van der Waals surface area contributed by atoms with Crippen molar-refractivity contribution < 1.29 is 9.18 Å². The highest BCUT2D eigenvalue weighted by Gasteiger charge is 2.20. The minimum atomic E-state index is -0.497. The second kappa shape index (κ2) is 5.74. The van der Waals surface area contributed by atoms with E-state index >= 15 is 0 Å². The van der Waals surface area contributed by atoms with Crippen LogP contribution in [0.1, 0.15) is 5.56 Å². The lowest BCUT2D eigenvalue weighted by Gasteiger charge is -2.18. The van der Waals surface area contributed by atoms with Gasteiger partial charge in [0.25, 0.3) is 0 Å². The van der Waals surface area contributed by atoms with E-state index in [-0.39, 0.29) is 17.5 Å². The number of nitrogens with one attached hydrogen (secondary N) is 1. The molecule has 1 N–H and O–H groups in total. The van der Waals surface area contributed by atoms with Crippen LogP contribution in [0.2, 0.25) is 5.02 Å². The van der Waals surface area contributed by atoms with Crippen LogP contribution in [0.4, 0.5) is 15.8 Å². The monoisotopic (exact) mass is 304 g/mol. The number of halogens is 2. The second-order valence-electron chi connectivity index (χ2n) is 4.98. The molecule has 1 aliphatic heterocycles. The molecule has 108 valence electrons. The van der Waals surface area contributed by atoms with Crippen LogP contribution in [0.3, 0.4) is 0 Å². The zero-order chi connectivity index (χ0) is 14.8. The van der Waals surface area contributed by atoms with Gasteiger partial charge in [-0.2, -0.15) is 0 Å². The van der Waals surface area contributed by atoms with E-state index in [1.165, 1.54) is 23.8 Å². The van der Waals surface area contributed by atoms with E-state index in [0.717, 1.165) is 18.7 Å². The molecule has 2 aromatic carbocycles. The fourth-order valence-corrected chi connectivity index (χ4v) is 2.70. The third-order valence-electron chi connectivity index (χ3n) is 3.52. The molecule has 0 aliphatic carbocycles. The van der Waals surface area contributed by atoms with Crippen molar-refractivity contribution in [2.24, 2.45) is 0 Å². The SMILES string of the molecule is O=C(CN1CCc2ccccc21)Nc1ccc(F)c(Cl)c1. The number of fused-ring (bicyclic) bond motifs is 1. The summed E-state index contributed by atoms with van der Waals surface area (Å²) < 4.78 is 13.1. The molecule has 0 unspecified atom stereocenters. The molecule has 0 aromatic heterocycles. The van der Waals surface area contributed by atoms with Crippen LogP contribution in [0, 0.1) is 5.82 Å². The van der Waals surface area contributed by atoms with E-state index in [1.54, 1.807) is 0 Å². The lowest BCUT2D eigenvalue weighted by Crippen LogP contribution is -2.31. The fourth-order valence-electron chi connectivity index (χ4n) is 2.52. The first kappa shape index (κ1) is 13.9. The van der Waals surface area contributed by atoms with Crippen LogP contribution in [0.15, 0.2) is 42.5 Å². The Hall–Kier alpha value is -2.07. The van der Waals surface area contributed by atoms with Gasteiger partial charge in [-0.1, -0.05) is 29.8 Å². The van der Waals surface area contributed by atoms with E-state index < -0.39 is 5.82 Å². The molecule has 1 aliphatic rings. The lowest BCUT2D eigenvalue weighted by molar-refractivity contribution is -0.115. The third kappa shape index (κ3) is 3.00. The number of anilines is 2. The van der Waals surface area contributed by atoms with Crippen molar-refractivity contribution in [2.75, 3.05) is 23.3 Å². The smallest absolute Gasteiger partial charge is 0.243 e. The van der Waals surface area contributed by atoms with Crippen molar-refractivity contribution in [3.63, 3.8) is 0 Å². The van der Waals surface area contributed by atoms with E-state index in [1.807, 2.05) is 23.1 Å². The minimum absolute atomic E-state index is 0.000631. The number of rotatable bonds is 3. The van der Waals surface area contributed by atoms with Crippen LogP contribution in [0.5, 0.6) is 0 Å². The Morgan fingerprint density at radius 1 is 1.29 bits per heavy atom. The normalized spacial score (nSPS) is 13.1. The van der Waals surface area contributed by atoms with Crippen molar-refractivity contribution in [1.82, 2.24) is 0 Å². The summed E-state index contributed by atoms with van der Waals surface area (Å²) in [7, 11) is 0. The summed E-state index contributed by atoms with van der Waals surface area (Å²) >= 11 is 5.70. The predicted molar refractivity (Wildman–Crippen MR) is 82.4 cm³/mol. The highest BCUT2D eigenvalue weighted by Crippen LogP contribution is 2.27. The number of nitrogens with zero attached hydrogens (tertiary/aromatic N) is 1. The Morgan fingerprint density at radius 2 is 2.10 bits per heavy atom. The maximum Gasteiger partial charge on any atom is 0.243 e. The molecule has 3 rings (SSSR count). The first-order valence-electron chi connectivity index (χ1n) is 6.71. The van der Waals surface area contributed by atoms with E-state index in [4.69, 9.17) is 11.6 Å². The van der Waals surface area contributed by atoms with Gasteiger partial charge in [-0.3, -0.25) is 4.79 Å². The third-order valence-corrected chi connectivity index (χ3v) is 3.81. The Balaban J connectivity index is 1.66. The first-order valence-corrected chi connectivity index (χ1v) is 7.09. The molecule has 0 atom stereocenters. The maximum atomic E-state index is 13.1. The summed E-state index contributed by atoms with van der Waals surface area (Å²) in [5.41, 5.74) is 2.86. The summed E-state index contributed by atoms with van der Waals surface area (Å²) in [6, 6.07) is 12.2. The molecule has 0 spiro atoms. The van der Waals surface area contributed by atoms with Crippen molar-refractivity contribution >= 4 is 28.9 Å². The van der Waals surface area contributed by atoms with Crippen molar-refractivity contribution in [2.45, 2.75) is 6.42 Å². The maximum absolute atomic E-state index is 13.1. The standard InChI is InChI=1S/C16H14ClFN2O/c17-13-9-12(5-6-14(13)18)19-16(21)10-20-8-7-11-3-1-2-4-15(11)20/h1-6,9H,7-8,10H2,(H,19,21). The highest BCUT2D eigenvalue weighted by molar-refractivity contribution is 6.31. The summed E-state index contributed by atoms with van der Waals surface area (Å²) in [5, 5.41) is 2.74. The Kier molecular flexibility index (Phi) is 3.80. The number of amides is 1. The van der Waals surface area contributed by atoms with Gasteiger partial charge in [0.05, 0.1) is 11.6 Å². The molecule has 5 heteroatoms. The fraction of sp³-hybridized carbons (Fsp3) is 0.188. The second-order valence-corrected chi connectivity index (χ2v) is 5.38. The van der Waals surface area contributed by atoms with Crippen molar-refractivity contribution in [3.05, 3.63) is 58.9 Å². The number of carbonyl (C=O) groups is 1. The number of hydrogen-bond donors (Lipinski definition) is 1. The topological polar surface area (TPSA) is 32.3 Å². The van der Waals surface area contributed by atoms with Gasteiger partial charge in [0, 0.05) is 17.9 Å². The summed E-state index contributed by atoms with van der Waals surface area (Å²) in [5.74, 6) is -0.641. The van der Waals surface area contributed by atoms with Crippen LogP contribution < -0.4 is 10.2 Å². The first-order chi connectivity index (χ1) is 10.1. The van der Waals surface area contributed by atoms with Crippen molar-refractivity contribution in [3.8, 4) is 0 Å². The Labute approximate surface area is 127 Å². The van der Waals surface area contributed by atoms with Crippen LogP contribution in [-0.2, 0) is 11.2 Å². The molecule has 0 bridgehead atoms. The van der Waals surface area contributed by atoms with Gasteiger partial charge in [0.15, 0.2) is 0 Å². The van der Waals surface area contributed by atoms with Gasteiger partial charge in [-0.25, -0.2) is 4.39 Å². The Bertz CT molecular complexity index is 690. The van der Waals surface area contributed by atoms with Crippen molar-refractivity contribution in [1.29, 1.82) is 0 Å². The molecule has 21 heavy (non-hydrogen) atoms. The lowest BCUT2D eigenvalue weighted by atomic mass is 10.2. The number of benzene rings is 2. The number of carbonyl (C=O) groups excluding carboxylic acids is 1. The zero-order valence-corrected chi connectivity index (χ0v) is 12.0. The summed E-state index contributed by atoms with van der Waals surface area (Å²) in [4.78, 5) is 14.1. The largest absolute Gasteiger partial charge is 0.362 e. The average molecular weight is 305 g/mol. The summed E-state index contributed by atoms with van der Waals surface area (Å²) in [6.45, 7) is 1.10. The van der Waals surface area contributed by atoms with E-state index in [9.17, 15) is 9.18 Å². The molecule has 0 saturated heterocycles. The average Bonchev–Trinajstić information content (AvgIpc) is 2.86. The van der Waals surface area contributed by atoms with Gasteiger partial charge in [0.2, 0.25) is 5.91 Å². The summed E-state index contributed by atoms with van der Waals surface area (Å²) in [6.07, 6.45) is 0.950. The molecule has 2 aromatic rings. The zero-order valence-electron chi connectivity index (χ0n) is 11.3. The molecule has 0 radical (unpaired) electrons. The quantitative estimate of drug-likeness (QED) is 0.941.